The van der Waals surface area contributed by atoms with Gasteiger partial charge in [0.25, 0.3) is 0 Å². The molecule has 1 fully saturated rings. The molecule has 146 valence electrons. The Morgan fingerprint density at radius 3 is 2.97 bits per heavy atom. The Bertz CT molecular complexity index is 1230. The number of amides is 1. The number of anilines is 1. The van der Waals surface area contributed by atoms with Gasteiger partial charge in [-0.2, -0.15) is 15.2 Å². The monoisotopic (exact) mass is 387 g/mol. The first-order chi connectivity index (χ1) is 14.0. The van der Waals surface area contributed by atoms with E-state index in [-0.39, 0.29) is 17.5 Å². The van der Waals surface area contributed by atoms with E-state index < -0.39 is 0 Å². The molecule has 0 bridgehead atoms. The summed E-state index contributed by atoms with van der Waals surface area (Å²) in [7, 11) is 0. The molecule has 0 unspecified atom stereocenters. The standard InChI is InChI=1S/C21H21N7O/c1-12(29)27-21(2)8-15(9-21)25-20-23-11-17-16(10-22-19(17)26-20)13-3-4-18-14(7-13)5-6-24-28-18/h3-7,10-11,15H,8-9H2,1-2H3,(H,27,29)(H2,22,23,25,26)/t15-,21+. The minimum absolute atomic E-state index is 0.00303. The molecule has 1 saturated carbocycles. The molecule has 29 heavy (non-hydrogen) atoms. The molecule has 0 saturated heterocycles. The Labute approximate surface area is 167 Å². The number of aromatic nitrogens is 5. The molecular formula is C21H21N7O. The van der Waals surface area contributed by atoms with E-state index in [2.05, 4.69) is 48.8 Å². The number of fused-ring (bicyclic) bond motifs is 2. The molecule has 8 heteroatoms. The summed E-state index contributed by atoms with van der Waals surface area (Å²) in [6.07, 6.45) is 7.20. The van der Waals surface area contributed by atoms with Crippen LogP contribution in [-0.4, -0.2) is 42.6 Å². The van der Waals surface area contributed by atoms with Crippen molar-refractivity contribution in [2.75, 3.05) is 5.32 Å². The van der Waals surface area contributed by atoms with Crippen molar-refractivity contribution in [1.82, 2.24) is 30.5 Å². The lowest BCUT2D eigenvalue weighted by Gasteiger charge is -2.45. The lowest BCUT2D eigenvalue weighted by atomic mass is 9.74. The van der Waals surface area contributed by atoms with Gasteiger partial charge < -0.3 is 15.6 Å². The lowest BCUT2D eigenvalue weighted by Crippen LogP contribution is -2.59. The van der Waals surface area contributed by atoms with E-state index in [9.17, 15) is 4.79 Å². The molecule has 1 aliphatic carbocycles. The molecule has 0 spiro atoms. The fraction of sp³-hybridized carbons (Fsp3) is 0.286. The van der Waals surface area contributed by atoms with Crippen LogP contribution in [0.4, 0.5) is 5.95 Å². The van der Waals surface area contributed by atoms with Crippen molar-refractivity contribution in [3.8, 4) is 11.1 Å². The number of aromatic amines is 1. The quantitative estimate of drug-likeness (QED) is 0.497. The summed E-state index contributed by atoms with van der Waals surface area (Å²) in [5, 5.41) is 16.4. The number of carbonyl (C=O) groups is 1. The van der Waals surface area contributed by atoms with E-state index in [1.165, 1.54) is 0 Å². The minimum atomic E-state index is -0.145. The van der Waals surface area contributed by atoms with Crippen LogP contribution in [0.2, 0.25) is 0 Å². The van der Waals surface area contributed by atoms with Crippen LogP contribution in [0.25, 0.3) is 33.1 Å². The van der Waals surface area contributed by atoms with Crippen LogP contribution < -0.4 is 10.6 Å². The predicted octanol–water partition coefficient (Wildman–Crippen LogP) is 3.04. The Balaban J connectivity index is 1.37. The molecule has 1 amide bonds. The second-order valence-corrected chi connectivity index (χ2v) is 7.95. The highest BCUT2D eigenvalue weighted by Crippen LogP contribution is 2.34. The maximum atomic E-state index is 11.3. The summed E-state index contributed by atoms with van der Waals surface area (Å²) in [6, 6.07) is 8.29. The first kappa shape index (κ1) is 17.5. The first-order valence-corrected chi connectivity index (χ1v) is 9.60. The van der Waals surface area contributed by atoms with E-state index in [1.54, 1.807) is 13.1 Å². The molecule has 1 aromatic carbocycles. The zero-order valence-corrected chi connectivity index (χ0v) is 16.2. The molecule has 3 N–H and O–H groups in total. The third-order valence-corrected chi connectivity index (χ3v) is 5.46. The summed E-state index contributed by atoms with van der Waals surface area (Å²) in [4.78, 5) is 23.7. The average molecular weight is 387 g/mol. The van der Waals surface area contributed by atoms with Crippen molar-refractivity contribution < 1.29 is 4.79 Å². The van der Waals surface area contributed by atoms with Crippen molar-refractivity contribution in [3.63, 3.8) is 0 Å². The van der Waals surface area contributed by atoms with E-state index >= 15 is 0 Å². The normalized spacial score (nSPS) is 21.1. The smallest absolute Gasteiger partial charge is 0.224 e. The number of rotatable bonds is 4. The van der Waals surface area contributed by atoms with Crippen LogP contribution in [-0.2, 0) is 4.79 Å². The second-order valence-electron chi connectivity index (χ2n) is 7.95. The van der Waals surface area contributed by atoms with Gasteiger partial charge in [-0.1, -0.05) is 6.07 Å². The molecule has 0 aliphatic heterocycles. The molecule has 0 atom stereocenters. The summed E-state index contributed by atoms with van der Waals surface area (Å²) in [5.41, 5.74) is 3.63. The van der Waals surface area contributed by atoms with Gasteiger partial charge in [0.2, 0.25) is 11.9 Å². The molecule has 8 nitrogen and oxygen atoms in total. The Kier molecular flexibility index (Phi) is 3.94. The molecule has 3 heterocycles. The summed E-state index contributed by atoms with van der Waals surface area (Å²) < 4.78 is 0. The molecule has 0 radical (unpaired) electrons. The molecule has 4 aromatic rings. The third-order valence-electron chi connectivity index (χ3n) is 5.46. The largest absolute Gasteiger partial charge is 0.351 e. The molecule has 1 aliphatic rings. The Morgan fingerprint density at radius 2 is 2.14 bits per heavy atom. The van der Waals surface area contributed by atoms with E-state index in [0.29, 0.717) is 5.95 Å². The number of benzene rings is 1. The molecular weight excluding hydrogens is 366 g/mol. The Morgan fingerprint density at radius 1 is 1.28 bits per heavy atom. The van der Waals surface area contributed by atoms with Gasteiger partial charge in [0, 0.05) is 47.2 Å². The topological polar surface area (TPSA) is 108 Å². The zero-order valence-electron chi connectivity index (χ0n) is 16.2. The van der Waals surface area contributed by atoms with Gasteiger partial charge in [0.15, 0.2) is 0 Å². The molecule has 5 rings (SSSR count). The van der Waals surface area contributed by atoms with Crippen molar-refractivity contribution in [2.24, 2.45) is 0 Å². The highest BCUT2D eigenvalue weighted by molar-refractivity contribution is 5.96. The second kappa shape index (κ2) is 6.51. The van der Waals surface area contributed by atoms with Gasteiger partial charge in [-0.3, -0.25) is 4.79 Å². The highest BCUT2D eigenvalue weighted by Gasteiger charge is 2.41. The Hall–Kier alpha value is -3.55. The maximum absolute atomic E-state index is 11.3. The van der Waals surface area contributed by atoms with Crippen LogP contribution >= 0.6 is 0 Å². The first-order valence-electron chi connectivity index (χ1n) is 9.60. The fourth-order valence-electron chi connectivity index (χ4n) is 4.21. The number of H-pyrrole nitrogens is 1. The average Bonchev–Trinajstić information content (AvgIpc) is 3.09. The maximum Gasteiger partial charge on any atom is 0.224 e. The number of nitrogens with one attached hydrogen (secondary N) is 3. The van der Waals surface area contributed by atoms with Crippen LogP contribution in [0.3, 0.4) is 0 Å². The number of nitrogens with zero attached hydrogens (tertiary/aromatic N) is 4. The SMILES string of the molecule is CC(=O)N[C@]1(C)C[C@H](Nc2ncc3c(-c4ccc5nnccc5c4)c[nH]c3n2)C1. The van der Waals surface area contributed by atoms with Crippen molar-refractivity contribution in [2.45, 2.75) is 38.3 Å². The van der Waals surface area contributed by atoms with Gasteiger partial charge >= 0.3 is 0 Å². The van der Waals surface area contributed by atoms with Crippen LogP contribution in [0.5, 0.6) is 0 Å². The lowest BCUT2D eigenvalue weighted by molar-refractivity contribution is -0.121. The van der Waals surface area contributed by atoms with E-state index in [0.717, 1.165) is 45.9 Å². The van der Waals surface area contributed by atoms with Crippen LogP contribution in [0.15, 0.2) is 42.9 Å². The fourth-order valence-corrected chi connectivity index (χ4v) is 4.21. The minimum Gasteiger partial charge on any atom is -0.351 e. The zero-order chi connectivity index (χ0) is 20.0. The van der Waals surface area contributed by atoms with Gasteiger partial charge in [-0.25, -0.2) is 4.98 Å². The molecule has 3 aromatic heterocycles. The summed E-state index contributed by atoms with van der Waals surface area (Å²) in [5.74, 6) is 0.595. The van der Waals surface area contributed by atoms with Crippen LogP contribution in [0, 0.1) is 0 Å². The van der Waals surface area contributed by atoms with Crippen molar-refractivity contribution in [3.05, 3.63) is 42.9 Å². The van der Waals surface area contributed by atoms with Crippen molar-refractivity contribution in [1.29, 1.82) is 0 Å². The van der Waals surface area contributed by atoms with Crippen molar-refractivity contribution >= 4 is 33.8 Å². The number of hydrogen-bond donors (Lipinski definition) is 3. The third kappa shape index (κ3) is 3.26. The summed E-state index contributed by atoms with van der Waals surface area (Å²) in [6.45, 7) is 3.61. The summed E-state index contributed by atoms with van der Waals surface area (Å²) >= 11 is 0. The van der Waals surface area contributed by atoms with Gasteiger partial charge in [0.1, 0.15) is 5.65 Å². The van der Waals surface area contributed by atoms with Crippen LogP contribution in [0.1, 0.15) is 26.7 Å². The van der Waals surface area contributed by atoms with E-state index in [1.807, 2.05) is 30.6 Å². The van der Waals surface area contributed by atoms with E-state index in [4.69, 9.17) is 0 Å². The number of carbonyl (C=O) groups excluding carboxylic acids is 1. The van der Waals surface area contributed by atoms with Gasteiger partial charge in [-0.05, 0) is 43.5 Å². The predicted molar refractivity (Wildman–Crippen MR) is 111 cm³/mol. The highest BCUT2D eigenvalue weighted by atomic mass is 16.1. The van der Waals surface area contributed by atoms with Gasteiger partial charge in [0.05, 0.1) is 11.7 Å². The number of hydrogen-bond acceptors (Lipinski definition) is 6. The van der Waals surface area contributed by atoms with Gasteiger partial charge in [-0.15, -0.1) is 0 Å².